The minimum atomic E-state index is -1.38. The summed E-state index contributed by atoms with van der Waals surface area (Å²) in [5, 5.41) is 8.95. The Hall–Kier alpha value is -2.31. The second-order valence-corrected chi connectivity index (χ2v) is 4.09. The number of aryl methyl sites for hydroxylation is 1. The Morgan fingerprint density at radius 3 is 2.40 bits per heavy atom. The molecule has 0 aliphatic rings. The van der Waals surface area contributed by atoms with Crippen molar-refractivity contribution in [1.29, 1.82) is 0 Å². The summed E-state index contributed by atoms with van der Waals surface area (Å²) >= 11 is 0. The lowest BCUT2D eigenvalue weighted by atomic mass is 10.2. The molecule has 0 radical (unpaired) electrons. The summed E-state index contributed by atoms with van der Waals surface area (Å²) in [4.78, 5) is 14.8. The van der Waals surface area contributed by atoms with E-state index in [1.165, 1.54) is 0 Å². The molecule has 0 spiro atoms. The highest BCUT2D eigenvalue weighted by Gasteiger charge is 2.24. The molecule has 1 aromatic heterocycles. The van der Waals surface area contributed by atoms with Gasteiger partial charge in [0.2, 0.25) is 11.7 Å². The van der Waals surface area contributed by atoms with Crippen molar-refractivity contribution in [3.8, 4) is 11.5 Å². The molecule has 7 heteroatoms. The first-order valence-electron chi connectivity index (χ1n) is 5.82. The fourth-order valence-electron chi connectivity index (χ4n) is 1.78. The Morgan fingerprint density at radius 2 is 1.90 bits per heavy atom. The van der Waals surface area contributed by atoms with Gasteiger partial charge in [-0.15, -0.1) is 0 Å². The lowest BCUT2D eigenvalue weighted by molar-refractivity contribution is 0.0661. The van der Waals surface area contributed by atoms with Crippen molar-refractivity contribution in [2.45, 2.75) is 19.8 Å². The maximum atomic E-state index is 13.6. The quantitative estimate of drug-likeness (QED) is 0.935. The molecule has 106 valence electrons. The number of halogens is 3. The molecule has 1 heterocycles. The van der Waals surface area contributed by atoms with Gasteiger partial charge in [0.25, 0.3) is 0 Å². The smallest absolute Gasteiger partial charge is 0.373 e. The van der Waals surface area contributed by atoms with Crippen LogP contribution in [0.15, 0.2) is 16.5 Å². The van der Waals surface area contributed by atoms with E-state index in [9.17, 15) is 18.0 Å². The van der Waals surface area contributed by atoms with Crippen molar-refractivity contribution in [2.24, 2.45) is 0 Å². The molecule has 20 heavy (non-hydrogen) atoms. The molecule has 2 rings (SSSR count). The van der Waals surface area contributed by atoms with Crippen LogP contribution in [0.2, 0.25) is 0 Å². The topological polar surface area (TPSA) is 63.3 Å². The number of rotatable bonds is 4. The summed E-state index contributed by atoms with van der Waals surface area (Å²) in [6.45, 7) is 1.79. The third kappa shape index (κ3) is 2.52. The van der Waals surface area contributed by atoms with Crippen molar-refractivity contribution in [3.05, 3.63) is 41.0 Å². The van der Waals surface area contributed by atoms with E-state index in [1.54, 1.807) is 6.92 Å². The lowest BCUT2D eigenvalue weighted by Gasteiger charge is -2.00. The molecule has 0 bridgehead atoms. The molecular formula is C13H10F3NO3. The van der Waals surface area contributed by atoms with E-state index in [4.69, 9.17) is 9.52 Å². The van der Waals surface area contributed by atoms with E-state index in [1.807, 2.05) is 0 Å². The fraction of sp³-hybridized carbons (Fsp3) is 0.231. The highest BCUT2D eigenvalue weighted by Crippen LogP contribution is 2.28. The van der Waals surface area contributed by atoms with Crippen molar-refractivity contribution in [1.82, 2.24) is 4.98 Å². The number of aromatic nitrogens is 1. The maximum Gasteiger partial charge on any atom is 0.373 e. The second-order valence-electron chi connectivity index (χ2n) is 4.09. The molecule has 4 nitrogen and oxygen atoms in total. The summed E-state index contributed by atoms with van der Waals surface area (Å²) in [6, 6.07) is 0.949. The third-order valence-electron chi connectivity index (χ3n) is 2.60. The van der Waals surface area contributed by atoms with E-state index >= 15 is 0 Å². The molecule has 0 aliphatic heterocycles. The van der Waals surface area contributed by atoms with Gasteiger partial charge in [-0.25, -0.2) is 22.9 Å². The van der Waals surface area contributed by atoms with Crippen LogP contribution >= 0.6 is 0 Å². The first kappa shape index (κ1) is 14.1. The summed E-state index contributed by atoms with van der Waals surface area (Å²) in [6.07, 6.45) is 0.871. The summed E-state index contributed by atoms with van der Waals surface area (Å²) < 4.78 is 44.9. The third-order valence-corrected chi connectivity index (χ3v) is 2.60. The fourth-order valence-corrected chi connectivity index (χ4v) is 1.78. The largest absolute Gasteiger partial charge is 0.475 e. The first-order chi connectivity index (χ1) is 9.43. The van der Waals surface area contributed by atoms with E-state index < -0.39 is 40.6 Å². The molecule has 1 aromatic carbocycles. The molecule has 0 aliphatic carbocycles. The van der Waals surface area contributed by atoms with Gasteiger partial charge in [-0.05, 0) is 6.42 Å². The van der Waals surface area contributed by atoms with Crippen LogP contribution in [0.4, 0.5) is 13.2 Å². The normalized spacial score (nSPS) is 10.8. The van der Waals surface area contributed by atoms with Crippen LogP contribution in [0.1, 0.15) is 29.6 Å². The molecule has 0 amide bonds. The monoisotopic (exact) mass is 285 g/mol. The maximum absolute atomic E-state index is 13.6. The van der Waals surface area contributed by atoms with Crippen LogP contribution in [0.3, 0.4) is 0 Å². The van der Waals surface area contributed by atoms with Crippen LogP contribution in [0.5, 0.6) is 0 Å². The molecule has 0 atom stereocenters. The summed E-state index contributed by atoms with van der Waals surface area (Å²) in [5.74, 6) is -5.85. The first-order valence-corrected chi connectivity index (χ1v) is 5.82. The highest BCUT2D eigenvalue weighted by atomic mass is 19.1. The average molecular weight is 285 g/mol. The molecule has 0 saturated carbocycles. The Kier molecular flexibility index (Phi) is 3.78. The minimum Gasteiger partial charge on any atom is -0.475 e. The van der Waals surface area contributed by atoms with Gasteiger partial charge in [-0.1, -0.05) is 13.3 Å². The lowest BCUT2D eigenvalue weighted by Crippen LogP contribution is -1.99. The summed E-state index contributed by atoms with van der Waals surface area (Å²) in [5.41, 5.74) is -0.589. The Labute approximate surface area is 111 Å². The Balaban J connectivity index is 2.59. The van der Waals surface area contributed by atoms with Crippen LogP contribution in [-0.2, 0) is 6.42 Å². The van der Waals surface area contributed by atoms with Crippen LogP contribution in [-0.4, -0.2) is 16.1 Å². The zero-order valence-corrected chi connectivity index (χ0v) is 10.4. The van der Waals surface area contributed by atoms with Crippen molar-refractivity contribution >= 4 is 5.97 Å². The molecule has 1 N–H and O–H groups in total. The molecule has 2 aromatic rings. The van der Waals surface area contributed by atoms with E-state index in [0.717, 1.165) is 0 Å². The molecule has 0 unspecified atom stereocenters. The van der Waals surface area contributed by atoms with Gasteiger partial charge in [0, 0.05) is 12.1 Å². The van der Waals surface area contributed by atoms with Crippen molar-refractivity contribution < 1.29 is 27.5 Å². The number of carboxylic acid groups (broad SMARTS) is 1. The number of oxazole rings is 1. The van der Waals surface area contributed by atoms with Gasteiger partial charge < -0.3 is 9.52 Å². The number of carboxylic acids is 1. The number of aromatic carboxylic acids is 1. The SMILES string of the molecule is CCCc1nc(-c2c(F)cc(F)cc2F)oc1C(=O)O. The highest BCUT2D eigenvalue weighted by molar-refractivity contribution is 5.86. The molecular weight excluding hydrogens is 275 g/mol. The molecule has 0 fully saturated rings. The predicted octanol–water partition coefficient (Wildman–Crippen LogP) is 3.41. The average Bonchev–Trinajstić information content (AvgIpc) is 2.72. The van der Waals surface area contributed by atoms with Gasteiger partial charge in [0.05, 0.1) is 5.69 Å². The number of benzene rings is 1. The number of hydrogen-bond donors (Lipinski definition) is 1. The summed E-state index contributed by atoms with van der Waals surface area (Å²) in [7, 11) is 0. The van der Waals surface area contributed by atoms with E-state index in [-0.39, 0.29) is 12.1 Å². The predicted molar refractivity (Wildman–Crippen MR) is 62.8 cm³/mol. The van der Waals surface area contributed by atoms with Crippen LogP contribution in [0, 0.1) is 17.5 Å². The second kappa shape index (κ2) is 5.36. The Bertz CT molecular complexity index is 644. The van der Waals surface area contributed by atoms with Gasteiger partial charge >= 0.3 is 5.97 Å². The zero-order valence-electron chi connectivity index (χ0n) is 10.4. The van der Waals surface area contributed by atoms with Crippen molar-refractivity contribution in [2.75, 3.05) is 0 Å². The van der Waals surface area contributed by atoms with Gasteiger partial charge in [0.15, 0.2) is 0 Å². The van der Waals surface area contributed by atoms with E-state index in [2.05, 4.69) is 4.98 Å². The van der Waals surface area contributed by atoms with Crippen LogP contribution in [0.25, 0.3) is 11.5 Å². The number of carbonyl (C=O) groups is 1. The van der Waals surface area contributed by atoms with Crippen molar-refractivity contribution in [3.63, 3.8) is 0 Å². The minimum absolute atomic E-state index is 0.0955. The Morgan fingerprint density at radius 1 is 1.30 bits per heavy atom. The van der Waals surface area contributed by atoms with Gasteiger partial charge in [0.1, 0.15) is 23.0 Å². The number of nitrogens with zero attached hydrogens (tertiary/aromatic N) is 1. The molecule has 0 saturated heterocycles. The number of hydrogen-bond acceptors (Lipinski definition) is 3. The van der Waals surface area contributed by atoms with Crippen LogP contribution < -0.4 is 0 Å². The van der Waals surface area contributed by atoms with Gasteiger partial charge in [-0.3, -0.25) is 0 Å². The van der Waals surface area contributed by atoms with E-state index in [0.29, 0.717) is 18.6 Å². The van der Waals surface area contributed by atoms with Gasteiger partial charge in [-0.2, -0.15) is 0 Å². The zero-order chi connectivity index (χ0) is 14.9. The standard InChI is InChI=1S/C13H10F3NO3/c1-2-3-9-11(13(18)19)20-12(17-9)10-7(15)4-6(14)5-8(10)16/h4-5H,2-3H2,1H3,(H,18,19).